The average molecular weight is 242 g/mol. The van der Waals surface area contributed by atoms with Crippen LogP contribution in [0.5, 0.6) is 0 Å². The molecule has 4 heteroatoms. The predicted molar refractivity (Wildman–Crippen MR) is 65.0 cm³/mol. The molecule has 0 radical (unpaired) electrons. The minimum absolute atomic E-state index is 0. The zero-order chi connectivity index (χ0) is 10.8. The van der Waals surface area contributed by atoms with E-state index >= 15 is 0 Å². The van der Waals surface area contributed by atoms with Crippen LogP contribution in [0.2, 0.25) is 0 Å². The van der Waals surface area contributed by atoms with Crippen LogP contribution in [0.25, 0.3) is 0 Å². The largest absolute Gasteiger partial charge is 0.480 e. The summed E-state index contributed by atoms with van der Waals surface area (Å²) in [5, 5.41) is 8.71. The standard InChI is InChI=1S/C12H15NO2.ClH/c13-11(12(14)15)7-8-4-5-9-2-1-3-10(9)6-8;/h4-6,11H,1-3,7,13H2,(H,14,15);1H. The summed E-state index contributed by atoms with van der Waals surface area (Å²) in [4.78, 5) is 10.6. The highest BCUT2D eigenvalue weighted by Gasteiger charge is 2.15. The van der Waals surface area contributed by atoms with Crippen LogP contribution in [-0.4, -0.2) is 17.1 Å². The third kappa shape index (κ3) is 2.74. The van der Waals surface area contributed by atoms with Crippen LogP contribution in [0.3, 0.4) is 0 Å². The second kappa shape index (κ2) is 5.32. The lowest BCUT2D eigenvalue weighted by atomic mass is 10.0. The highest BCUT2D eigenvalue weighted by Crippen LogP contribution is 2.23. The molecule has 0 bridgehead atoms. The Kier molecular flexibility index (Phi) is 4.33. The lowest BCUT2D eigenvalue weighted by molar-refractivity contribution is -0.138. The number of carboxylic acids is 1. The van der Waals surface area contributed by atoms with Crippen molar-refractivity contribution < 1.29 is 9.90 Å². The van der Waals surface area contributed by atoms with Gasteiger partial charge in [0.05, 0.1) is 0 Å². The molecule has 0 saturated heterocycles. The lowest BCUT2D eigenvalue weighted by Crippen LogP contribution is -2.32. The Bertz CT molecular complexity index is 393. The maximum atomic E-state index is 10.6. The van der Waals surface area contributed by atoms with Crippen LogP contribution in [0.15, 0.2) is 18.2 Å². The van der Waals surface area contributed by atoms with Crippen molar-refractivity contribution in [1.29, 1.82) is 0 Å². The summed E-state index contributed by atoms with van der Waals surface area (Å²) in [5.41, 5.74) is 9.30. The summed E-state index contributed by atoms with van der Waals surface area (Å²) >= 11 is 0. The van der Waals surface area contributed by atoms with E-state index in [9.17, 15) is 4.79 Å². The van der Waals surface area contributed by atoms with Gasteiger partial charge in [0.25, 0.3) is 0 Å². The quantitative estimate of drug-likeness (QED) is 0.844. The molecule has 2 rings (SSSR count). The molecule has 1 unspecified atom stereocenters. The molecular weight excluding hydrogens is 226 g/mol. The van der Waals surface area contributed by atoms with E-state index in [2.05, 4.69) is 12.1 Å². The maximum absolute atomic E-state index is 10.6. The number of halogens is 1. The first-order valence-electron chi connectivity index (χ1n) is 5.26. The van der Waals surface area contributed by atoms with Gasteiger partial charge in [-0.1, -0.05) is 18.2 Å². The van der Waals surface area contributed by atoms with E-state index in [-0.39, 0.29) is 12.4 Å². The van der Waals surface area contributed by atoms with E-state index in [1.54, 1.807) is 0 Å². The Labute approximate surface area is 101 Å². The monoisotopic (exact) mass is 241 g/mol. The number of carbonyl (C=O) groups is 1. The van der Waals surface area contributed by atoms with Gasteiger partial charge in [0.15, 0.2) is 0 Å². The molecule has 0 amide bonds. The van der Waals surface area contributed by atoms with Crippen LogP contribution in [0.1, 0.15) is 23.1 Å². The second-order valence-corrected chi connectivity index (χ2v) is 4.11. The third-order valence-corrected chi connectivity index (χ3v) is 2.94. The van der Waals surface area contributed by atoms with E-state index in [4.69, 9.17) is 10.8 Å². The fraction of sp³-hybridized carbons (Fsp3) is 0.417. The van der Waals surface area contributed by atoms with Gasteiger partial charge in [-0.05, 0) is 42.4 Å². The Morgan fingerprint density at radius 1 is 1.38 bits per heavy atom. The number of fused-ring (bicyclic) bond motifs is 1. The number of nitrogens with two attached hydrogens (primary N) is 1. The van der Waals surface area contributed by atoms with Crippen LogP contribution < -0.4 is 5.73 Å². The molecule has 1 atom stereocenters. The van der Waals surface area contributed by atoms with Gasteiger partial charge in [-0.3, -0.25) is 4.79 Å². The first kappa shape index (κ1) is 13.0. The van der Waals surface area contributed by atoms with Crippen LogP contribution >= 0.6 is 12.4 Å². The van der Waals surface area contributed by atoms with E-state index < -0.39 is 12.0 Å². The van der Waals surface area contributed by atoms with Crippen LogP contribution in [0.4, 0.5) is 0 Å². The van der Waals surface area contributed by atoms with Gasteiger partial charge < -0.3 is 10.8 Å². The summed E-state index contributed by atoms with van der Waals surface area (Å²) in [6.45, 7) is 0. The van der Waals surface area contributed by atoms with Crippen molar-refractivity contribution in [3.05, 3.63) is 34.9 Å². The van der Waals surface area contributed by atoms with Gasteiger partial charge in [0.1, 0.15) is 6.04 Å². The zero-order valence-corrected chi connectivity index (χ0v) is 9.80. The number of rotatable bonds is 3. The van der Waals surface area contributed by atoms with E-state index in [0.29, 0.717) is 6.42 Å². The summed E-state index contributed by atoms with van der Waals surface area (Å²) < 4.78 is 0. The number of benzene rings is 1. The Balaban J connectivity index is 0.00000128. The predicted octanol–water partition coefficient (Wildman–Crippen LogP) is 1.55. The highest BCUT2D eigenvalue weighted by molar-refractivity contribution is 5.85. The lowest BCUT2D eigenvalue weighted by Gasteiger charge is -2.08. The van der Waals surface area contributed by atoms with Crippen molar-refractivity contribution in [2.24, 2.45) is 5.73 Å². The molecule has 3 N–H and O–H groups in total. The normalized spacial score (nSPS) is 15.1. The van der Waals surface area contributed by atoms with Gasteiger partial charge in [0.2, 0.25) is 0 Å². The Morgan fingerprint density at radius 3 is 2.75 bits per heavy atom. The molecule has 16 heavy (non-hydrogen) atoms. The first-order chi connectivity index (χ1) is 7.16. The molecule has 0 heterocycles. The number of hydrogen-bond acceptors (Lipinski definition) is 2. The SMILES string of the molecule is Cl.NC(Cc1ccc2c(c1)CCC2)C(=O)O. The van der Waals surface area contributed by atoms with Crippen molar-refractivity contribution in [1.82, 2.24) is 0 Å². The molecule has 0 fully saturated rings. The van der Waals surface area contributed by atoms with Gasteiger partial charge >= 0.3 is 5.97 Å². The van der Waals surface area contributed by atoms with Gasteiger partial charge in [0, 0.05) is 0 Å². The van der Waals surface area contributed by atoms with E-state index in [1.165, 1.54) is 17.5 Å². The summed E-state index contributed by atoms with van der Waals surface area (Å²) in [6, 6.07) is 5.41. The van der Waals surface area contributed by atoms with Crippen LogP contribution in [-0.2, 0) is 24.1 Å². The van der Waals surface area contributed by atoms with Crippen molar-refractivity contribution in [2.75, 3.05) is 0 Å². The smallest absolute Gasteiger partial charge is 0.320 e. The molecule has 0 spiro atoms. The topological polar surface area (TPSA) is 63.3 Å². The zero-order valence-electron chi connectivity index (χ0n) is 8.98. The number of carboxylic acid groups (broad SMARTS) is 1. The summed E-state index contributed by atoms with van der Waals surface area (Å²) in [7, 11) is 0. The fourth-order valence-corrected chi connectivity index (χ4v) is 2.09. The Hall–Kier alpha value is -1.06. The van der Waals surface area contributed by atoms with Crippen molar-refractivity contribution in [3.8, 4) is 0 Å². The summed E-state index contributed by atoms with van der Waals surface area (Å²) in [6.07, 6.45) is 3.90. The minimum atomic E-state index is -0.935. The molecule has 88 valence electrons. The van der Waals surface area contributed by atoms with Crippen molar-refractivity contribution in [2.45, 2.75) is 31.7 Å². The molecule has 0 saturated carbocycles. The molecular formula is C12H16ClNO2. The Morgan fingerprint density at radius 2 is 2.06 bits per heavy atom. The number of hydrogen-bond donors (Lipinski definition) is 2. The van der Waals surface area contributed by atoms with Gasteiger partial charge in [-0.2, -0.15) is 0 Å². The second-order valence-electron chi connectivity index (χ2n) is 4.11. The van der Waals surface area contributed by atoms with E-state index in [0.717, 1.165) is 18.4 Å². The number of aliphatic carboxylic acids is 1. The maximum Gasteiger partial charge on any atom is 0.320 e. The van der Waals surface area contributed by atoms with Crippen LogP contribution in [0, 0.1) is 0 Å². The molecule has 0 aliphatic heterocycles. The highest BCUT2D eigenvalue weighted by atomic mass is 35.5. The molecule has 1 aromatic carbocycles. The summed E-state index contributed by atoms with van der Waals surface area (Å²) in [5.74, 6) is -0.935. The molecule has 0 aromatic heterocycles. The van der Waals surface area contributed by atoms with Crippen molar-refractivity contribution >= 4 is 18.4 Å². The van der Waals surface area contributed by atoms with Gasteiger partial charge in [-0.15, -0.1) is 12.4 Å². The molecule has 1 aromatic rings. The average Bonchev–Trinajstić information content (AvgIpc) is 2.64. The fourth-order valence-electron chi connectivity index (χ4n) is 2.09. The third-order valence-electron chi connectivity index (χ3n) is 2.94. The van der Waals surface area contributed by atoms with Crippen molar-refractivity contribution in [3.63, 3.8) is 0 Å². The number of aryl methyl sites for hydroxylation is 2. The molecule has 1 aliphatic carbocycles. The molecule has 1 aliphatic rings. The molecule has 3 nitrogen and oxygen atoms in total. The minimum Gasteiger partial charge on any atom is -0.480 e. The van der Waals surface area contributed by atoms with Gasteiger partial charge in [-0.25, -0.2) is 0 Å². The van der Waals surface area contributed by atoms with E-state index in [1.807, 2.05) is 6.07 Å². The first-order valence-corrected chi connectivity index (χ1v) is 5.26.